The zero-order valence-electron chi connectivity index (χ0n) is 7.93. The fourth-order valence-electron chi connectivity index (χ4n) is 1.44. The lowest BCUT2D eigenvalue weighted by atomic mass is 10.2. The molecule has 0 saturated heterocycles. The first-order chi connectivity index (χ1) is 6.09. The van der Waals surface area contributed by atoms with E-state index in [2.05, 4.69) is 58.2 Å². The van der Waals surface area contributed by atoms with Gasteiger partial charge in [0.25, 0.3) is 0 Å². The molecular weight excluding hydrogens is 275 g/mol. The van der Waals surface area contributed by atoms with E-state index < -0.39 is 0 Å². The van der Waals surface area contributed by atoms with Crippen LogP contribution in [0.1, 0.15) is 11.4 Å². The van der Waals surface area contributed by atoms with Crippen LogP contribution >= 0.6 is 22.6 Å². The molecule has 0 aliphatic rings. The number of imidazole rings is 1. The predicted octanol–water partition coefficient (Wildman–Crippen LogP) is 2.79. The van der Waals surface area contributed by atoms with Crippen molar-refractivity contribution < 1.29 is 0 Å². The number of benzene rings is 1. The summed E-state index contributed by atoms with van der Waals surface area (Å²) in [6.07, 6.45) is 0. The van der Waals surface area contributed by atoms with Crippen molar-refractivity contribution in [2.75, 3.05) is 0 Å². The Kier molecular flexibility index (Phi) is 2.06. The number of aryl methyl sites for hydroxylation is 3. The molecule has 2 aromatic rings. The molecule has 0 aliphatic carbocycles. The standard InChI is InChI=1S/C10H11IN2/c1-6-4-9-10(5-8(6)11)13(3)7(2)12-9/h4-5H,1-3H3. The van der Waals surface area contributed by atoms with E-state index in [1.165, 1.54) is 14.7 Å². The summed E-state index contributed by atoms with van der Waals surface area (Å²) in [5, 5.41) is 0. The Morgan fingerprint density at radius 1 is 1.31 bits per heavy atom. The van der Waals surface area contributed by atoms with Gasteiger partial charge in [0.15, 0.2) is 0 Å². The highest BCUT2D eigenvalue weighted by molar-refractivity contribution is 14.1. The summed E-state index contributed by atoms with van der Waals surface area (Å²) in [4.78, 5) is 4.47. The molecule has 0 atom stereocenters. The first-order valence-electron chi connectivity index (χ1n) is 4.19. The zero-order valence-corrected chi connectivity index (χ0v) is 10.1. The van der Waals surface area contributed by atoms with Crippen LogP contribution in [-0.4, -0.2) is 9.55 Å². The number of aromatic nitrogens is 2. The van der Waals surface area contributed by atoms with Crippen molar-refractivity contribution in [1.29, 1.82) is 0 Å². The molecule has 68 valence electrons. The highest BCUT2D eigenvalue weighted by atomic mass is 127. The largest absolute Gasteiger partial charge is 0.331 e. The van der Waals surface area contributed by atoms with Crippen molar-refractivity contribution in [3.05, 3.63) is 27.1 Å². The monoisotopic (exact) mass is 286 g/mol. The Balaban J connectivity index is 2.89. The molecule has 0 amide bonds. The molecule has 0 aliphatic heterocycles. The summed E-state index contributed by atoms with van der Waals surface area (Å²) in [5.74, 6) is 1.07. The maximum atomic E-state index is 4.47. The van der Waals surface area contributed by atoms with E-state index in [0.717, 1.165) is 11.3 Å². The minimum atomic E-state index is 1.07. The normalized spacial score (nSPS) is 11.1. The minimum Gasteiger partial charge on any atom is -0.331 e. The summed E-state index contributed by atoms with van der Waals surface area (Å²) in [7, 11) is 2.05. The average molecular weight is 286 g/mol. The molecule has 13 heavy (non-hydrogen) atoms. The SMILES string of the molecule is Cc1cc2nc(C)n(C)c2cc1I. The molecule has 1 aromatic carbocycles. The first kappa shape index (κ1) is 8.99. The molecule has 0 fully saturated rings. The van der Waals surface area contributed by atoms with E-state index in [4.69, 9.17) is 0 Å². The van der Waals surface area contributed by atoms with Crippen molar-refractivity contribution in [3.63, 3.8) is 0 Å². The Hall–Kier alpha value is -0.580. The lowest BCUT2D eigenvalue weighted by molar-refractivity contribution is 0.885. The number of fused-ring (bicyclic) bond motifs is 1. The van der Waals surface area contributed by atoms with E-state index in [1.54, 1.807) is 0 Å². The lowest BCUT2D eigenvalue weighted by Gasteiger charge is -1.99. The second-order valence-electron chi connectivity index (χ2n) is 3.31. The second-order valence-corrected chi connectivity index (χ2v) is 4.47. The molecule has 3 heteroatoms. The number of hydrogen-bond acceptors (Lipinski definition) is 1. The quantitative estimate of drug-likeness (QED) is 0.681. The predicted molar refractivity (Wildman–Crippen MR) is 62.9 cm³/mol. The van der Waals surface area contributed by atoms with Gasteiger partial charge in [-0.2, -0.15) is 0 Å². The van der Waals surface area contributed by atoms with Gasteiger partial charge in [-0.3, -0.25) is 0 Å². The van der Waals surface area contributed by atoms with Gasteiger partial charge >= 0.3 is 0 Å². The summed E-state index contributed by atoms with van der Waals surface area (Å²) in [5.41, 5.74) is 3.61. The van der Waals surface area contributed by atoms with Crippen LogP contribution in [0.15, 0.2) is 12.1 Å². The average Bonchev–Trinajstić information content (AvgIpc) is 2.32. The lowest BCUT2D eigenvalue weighted by Crippen LogP contribution is -1.90. The molecule has 1 aromatic heterocycles. The third-order valence-corrected chi connectivity index (χ3v) is 3.55. The van der Waals surface area contributed by atoms with Gasteiger partial charge in [-0.15, -0.1) is 0 Å². The topological polar surface area (TPSA) is 17.8 Å². The van der Waals surface area contributed by atoms with Gasteiger partial charge in [-0.05, 0) is 54.1 Å². The van der Waals surface area contributed by atoms with Crippen molar-refractivity contribution >= 4 is 33.6 Å². The Morgan fingerprint density at radius 2 is 2.00 bits per heavy atom. The fraction of sp³-hybridized carbons (Fsp3) is 0.300. The van der Waals surface area contributed by atoms with Crippen LogP contribution in [0, 0.1) is 17.4 Å². The second kappa shape index (κ2) is 2.97. The minimum absolute atomic E-state index is 1.07. The zero-order chi connectivity index (χ0) is 9.59. The van der Waals surface area contributed by atoms with Crippen LogP contribution in [0.2, 0.25) is 0 Å². The summed E-state index contributed by atoms with van der Waals surface area (Å²) >= 11 is 2.36. The fourth-order valence-corrected chi connectivity index (χ4v) is 1.89. The van der Waals surface area contributed by atoms with E-state index in [-0.39, 0.29) is 0 Å². The van der Waals surface area contributed by atoms with Gasteiger partial charge in [0.05, 0.1) is 11.0 Å². The molecule has 2 nitrogen and oxygen atoms in total. The first-order valence-corrected chi connectivity index (χ1v) is 5.26. The number of hydrogen-bond donors (Lipinski definition) is 0. The molecule has 1 heterocycles. The van der Waals surface area contributed by atoms with Gasteiger partial charge < -0.3 is 4.57 Å². The molecule has 0 N–H and O–H groups in total. The highest BCUT2D eigenvalue weighted by Gasteiger charge is 2.05. The molecule has 0 saturated carbocycles. The van der Waals surface area contributed by atoms with E-state index >= 15 is 0 Å². The van der Waals surface area contributed by atoms with E-state index in [1.807, 2.05) is 6.92 Å². The van der Waals surface area contributed by atoms with E-state index in [9.17, 15) is 0 Å². The van der Waals surface area contributed by atoms with Crippen LogP contribution in [0.4, 0.5) is 0 Å². The van der Waals surface area contributed by atoms with Crippen LogP contribution in [0.3, 0.4) is 0 Å². The number of rotatable bonds is 0. The highest BCUT2D eigenvalue weighted by Crippen LogP contribution is 2.20. The van der Waals surface area contributed by atoms with Crippen LogP contribution < -0.4 is 0 Å². The Labute approximate surface area is 91.1 Å². The maximum absolute atomic E-state index is 4.47. The summed E-state index contributed by atoms with van der Waals surface area (Å²) < 4.78 is 3.42. The third-order valence-electron chi connectivity index (χ3n) is 2.38. The van der Waals surface area contributed by atoms with Gasteiger partial charge in [-0.1, -0.05) is 0 Å². The number of nitrogens with zero attached hydrogens (tertiary/aromatic N) is 2. The van der Waals surface area contributed by atoms with Crippen molar-refractivity contribution in [2.24, 2.45) is 7.05 Å². The van der Waals surface area contributed by atoms with Gasteiger partial charge in [0, 0.05) is 10.6 Å². The van der Waals surface area contributed by atoms with Crippen molar-refractivity contribution in [1.82, 2.24) is 9.55 Å². The van der Waals surface area contributed by atoms with Crippen LogP contribution in [0.25, 0.3) is 11.0 Å². The van der Waals surface area contributed by atoms with Gasteiger partial charge in [0.2, 0.25) is 0 Å². The molecule has 0 bridgehead atoms. The molecule has 0 unspecified atom stereocenters. The molecule has 2 rings (SSSR count). The van der Waals surface area contributed by atoms with Gasteiger partial charge in [-0.25, -0.2) is 4.98 Å². The summed E-state index contributed by atoms with van der Waals surface area (Å²) in [6.45, 7) is 4.15. The third kappa shape index (κ3) is 1.35. The van der Waals surface area contributed by atoms with E-state index in [0.29, 0.717) is 0 Å². The maximum Gasteiger partial charge on any atom is 0.106 e. The van der Waals surface area contributed by atoms with Crippen LogP contribution in [-0.2, 0) is 7.05 Å². The number of halogens is 1. The van der Waals surface area contributed by atoms with Gasteiger partial charge in [0.1, 0.15) is 5.82 Å². The Bertz CT molecular complexity index is 471. The summed E-state index contributed by atoms with van der Waals surface area (Å²) in [6, 6.07) is 4.33. The van der Waals surface area contributed by atoms with Crippen LogP contribution in [0.5, 0.6) is 0 Å². The molecule has 0 spiro atoms. The van der Waals surface area contributed by atoms with Crippen molar-refractivity contribution in [2.45, 2.75) is 13.8 Å². The Morgan fingerprint density at radius 3 is 2.69 bits per heavy atom. The molecule has 0 radical (unpaired) electrons. The molecular formula is C10H11IN2. The smallest absolute Gasteiger partial charge is 0.106 e. The van der Waals surface area contributed by atoms with Crippen molar-refractivity contribution in [3.8, 4) is 0 Å².